The van der Waals surface area contributed by atoms with Crippen LogP contribution in [0.4, 0.5) is 0 Å². The summed E-state index contributed by atoms with van der Waals surface area (Å²) in [6.45, 7) is 2.55. The van der Waals surface area contributed by atoms with Gasteiger partial charge in [-0.15, -0.1) is 0 Å². The van der Waals surface area contributed by atoms with Gasteiger partial charge in [0.25, 0.3) is 0 Å². The maximum absolute atomic E-state index is 12.9. The highest BCUT2D eigenvalue weighted by Crippen LogP contribution is 2.26. The van der Waals surface area contributed by atoms with E-state index in [0.717, 1.165) is 38.5 Å². The molecule has 0 aliphatic carbocycles. The Hall–Kier alpha value is -1.76. The largest absolute Gasteiger partial charge is 0.462 e. The zero-order valence-electron chi connectivity index (χ0n) is 37.4. The number of hydrogen-bond donors (Lipinski definition) is 7. The second-order valence-electron chi connectivity index (χ2n) is 16.9. The Labute approximate surface area is 365 Å². The maximum Gasteiger partial charge on any atom is 0.306 e. The van der Waals surface area contributed by atoms with Gasteiger partial charge in [0.15, 0.2) is 18.7 Å². The first-order valence-electron chi connectivity index (χ1n) is 23.8. The van der Waals surface area contributed by atoms with Crippen molar-refractivity contribution < 1.29 is 73.8 Å². The van der Waals surface area contributed by atoms with Crippen molar-refractivity contribution in [3.05, 3.63) is 12.2 Å². The van der Waals surface area contributed by atoms with Gasteiger partial charge in [0.05, 0.1) is 19.8 Å². The summed E-state index contributed by atoms with van der Waals surface area (Å²) in [4.78, 5) is 25.6. The Kier molecular flexibility index (Phi) is 31.4. The van der Waals surface area contributed by atoms with Crippen LogP contribution in [0, 0.1) is 0 Å². The van der Waals surface area contributed by atoms with Crippen LogP contribution in [0.1, 0.15) is 174 Å². The monoisotopic (exact) mass is 877 g/mol. The Morgan fingerprint density at radius 2 is 0.934 bits per heavy atom. The molecule has 7 N–H and O–H groups in total. The number of carbonyl (C=O) groups excluding carboxylic acids is 2. The molecule has 0 aromatic carbocycles. The Bertz CT molecular complexity index is 1120. The SMILES string of the molecule is CCCCCCCCCCC/C=C/CCCCC(=O)O[C@H](COC(=O)CCCCCCCCCCCC)CO[C@@H]1O[C@H](CO[C@@H]2O[C@H](CO)[C@H](O)C(O)C2O)[C@H](O)C(O)C1O. The molecule has 0 aromatic rings. The van der Waals surface area contributed by atoms with Crippen LogP contribution in [-0.4, -0.2) is 142 Å². The number of aliphatic hydroxyl groups is 7. The summed E-state index contributed by atoms with van der Waals surface area (Å²) in [5.41, 5.74) is 0. The van der Waals surface area contributed by atoms with Crippen LogP contribution in [0.25, 0.3) is 0 Å². The van der Waals surface area contributed by atoms with Gasteiger partial charge in [0.2, 0.25) is 0 Å². The predicted molar refractivity (Wildman–Crippen MR) is 229 cm³/mol. The molecule has 61 heavy (non-hydrogen) atoms. The third kappa shape index (κ3) is 23.7. The predicted octanol–water partition coefficient (Wildman–Crippen LogP) is 5.43. The van der Waals surface area contributed by atoms with E-state index >= 15 is 0 Å². The zero-order chi connectivity index (χ0) is 44.7. The van der Waals surface area contributed by atoms with Crippen LogP contribution in [0.2, 0.25) is 0 Å². The van der Waals surface area contributed by atoms with Gasteiger partial charge in [-0.25, -0.2) is 0 Å². The van der Waals surface area contributed by atoms with Gasteiger partial charge in [-0.3, -0.25) is 9.59 Å². The number of hydrogen-bond acceptors (Lipinski definition) is 15. The van der Waals surface area contributed by atoms with E-state index in [1.807, 2.05) is 0 Å². The van der Waals surface area contributed by atoms with E-state index in [4.69, 9.17) is 28.4 Å². The zero-order valence-corrected chi connectivity index (χ0v) is 37.4. The van der Waals surface area contributed by atoms with Gasteiger partial charge in [-0.1, -0.05) is 135 Å². The molecule has 0 bridgehead atoms. The number of carbonyl (C=O) groups is 2. The fourth-order valence-electron chi connectivity index (χ4n) is 7.50. The van der Waals surface area contributed by atoms with Crippen molar-refractivity contribution in [1.82, 2.24) is 0 Å². The number of rotatable bonds is 36. The summed E-state index contributed by atoms with van der Waals surface area (Å²) in [7, 11) is 0. The van der Waals surface area contributed by atoms with Crippen LogP contribution in [0.3, 0.4) is 0 Å². The highest BCUT2D eigenvalue weighted by molar-refractivity contribution is 5.70. The van der Waals surface area contributed by atoms with E-state index in [1.165, 1.54) is 96.3 Å². The van der Waals surface area contributed by atoms with Gasteiger partial charge in [-0.05, 0) is 38.5 Å². The number of ether oxygens (including phenoxy) is 6. The van der Waals surface area contributed by atoms with Crippen LogP contribution in [0.5, 0.6) is 0 Å². The number of esters is 2. The molecule has 2 fully saturated rings. The fraction of sp³-hybridized carbons (Fsp3) is 0.913. The lowest BCUT2D eigenvalue weighted by atomic mass is 9.98. The highest BCUT2D eigenvalue weighted by atomic mass is 16.7. The average molecular weight is 877 g/mol. The first kappa shape index (κ1) is 55.4. The molecule has 2 aliphatic rings. The molecular formula is C46H84O15. The van der Waals surface area contributed by atoms with Crippen LogP contribution < -0.4 is 0 Å². The van der Waals surface area contributed by atoms with Crippen LogP contribution >= 0.6 is 0 Å². The quantitative estimate of drug-likeness (QED) is 0.0236. The molecule has 0 amide bonds. The molecule has 358 valence electrons. The van der Waals surface area contributed by atoms with Gasteiger partial charge in [0, 0.05) is 12.8 Å². The topological polar surface area (TPSA) is 231 Å². The lowest BCUT2D eigenvalue weighted by Gasteiger charge is -2.42. The summed E-state index contributed by atoms with van der Waals surface area (Å²) < 4.78 is 33.4. The summed E-state index contributed by atoms with van der Waals surface area (Å²) in [6.07, 6.45) is 14.0. The van der Waals surface area contributed by atoms with E-state index in [1.54, 1.807) is 0 Å². The van der Waals surface area contributed by atoms with E-state index in [-0.39, 0.29) is 26.1 Å². The second-order valence-corrected chi connectivity index (χ2v) is 16.9. The third-order valence-electron chi connectivity index (χ3n) is 11.5. The lowest BCUT2D eigenvalue weighted by Crippen LogP contribution is -2.61. The molecule has 15 nitrogen and oxygen atoms in total. The fourth-order valence-corrected chi connectivity index (χ4v) is 7.50. The van der Waals surface area contributed by atoms with Gasteiger partial charge in [0.1, 0.15) is 55.4 Å². The molecular weight excluding hydrogens is 792 g/mol. The summed E-state index contributed by atoms with van der Waals surface area (Å²) >= 11 is 0. The van der Waals surface area contributed by atoms with Crippen LogP contribution in [0.15, 0.2) is 12.2 Å². The first-order valence-corrected chi connectivity index (χ1v) is 23.8. The summed E-state index contributed by atoms with van der Waals surface area (Å²) in [5, 5.41) is 71.8. The number of unbranched alkanes of at least 4 members (excludes halogenated alkanes) is 20. The Morgan fingerprint density at radius 1 is 0.508 bits per heavy atom. The normalized spacial score (nSPS) is 27.4. The van der Waals surface area contributed by atoms with Crippen molar-refractivity contribution in [3.63, 3.8) is 0 Å². The second kappa shape index (κ2) is 34.6. The van der Waals surface area contributed by atoms with Gasteiger partial charge >= 0.3 is 11.9 Å². The summed E-state index contributed by atoms with van der Waals surface area (Å²) in [5.74, 6) is -0.947. The molecule has 0 aromatic heterocycles. The van der Waals surface area contributed by atoms with E-state index in [2.05, 4.69) is 26.0 Å². The average Bonchev–Trinajstić information content (AvgIpc) is 3.25. The molecule has 2 aliphatic heterocycles. The standard InChI is InChI=1S/C46H84O15/c1-3-5-7-9-11-13-15-16-17-18-19-21-23-25-27-29-38(49)59-34(31-56-37(48)28-26-24-22-20-14-12-10-8-6-4-2)32-57-45-44(55)42(53)40(51)36(61-45)33-58-46-43(54)41(52)39(50)35(30-47)60-46/h19,21,34-36,39-47,50-55H,3-18,20,22-33H2,1-2H3/b21-19+/t34-,35-,36-,39+,40+,41?,42?,43?,44?,45-,46-/m1/s1. The van der Waals surface area contributed by atoms with Gasteiger partial charge in [-0.2, -0.15) is 0 Å². The molecule has 0 spiro atoms. The van der Waals surface area contributed by atoms with Crippen molar-refractivity contribution in [1.29, 1.82) is 0 Å². The highest BCUT2D eigenvalue weighted by Gasteiger charge is 2.47. The van der Waals surface area contributed by atoms with Crippen molar-refractivity contribution in [2.24, 2.45) is 0 Å². The Balaban J connectivity index is 1.85. The van der Waals surface area contributed by atoms with Gasteiger partial charge < -0.3 is 64.2 Å². The molecule has 2 saturated heterocycles. The maximum atomic E-state index is 12.9. The van der Waals surface area contributed by atoms with Crippen molar-refractivity contribution in [3.8, 4) is 0 Å². The molecule has 15 heteroatoms. The van der Waals surface area contributed by atoms with E-state index in [0.29, 0.717) is 12.8 Å². The lowest BCUT2D eigenvalue weighted by molar-refractivity contribution is -0.332. The number of allylic oxidation sites excluding steroid dienone is 2. The molecule has 2 heterocycles. The minimum absolute atomic E-state index is 0.139. The molecule has 2 rings (SSSR count). The third-order valence-corrected chi connectivity index (χ3v) is 11.5. The van der Waals surface area contributed by atoms with Crippen molar-refractivity contribution >= 4 is 11.9 Å². The molecule has 4 unspecified atom stereocenters. The van der Waals surface area contributed by atoms with Crippen molar-refractivity contribution in [2.75, 3.05) is 26.4 Å². The summed E-state index contributed by atoms with van der Waals surface area (Å²) in [6, 6.07) is 0. The molecule has 0 saturated carbocycles. The minimum Gasteiger partial charge on any atom is -0.462 e. The first-order chi connectivity index (χ1) is 29.5. The molecule has 0 radical (unpaired) electrons. The smallest absolute Gasteiger partial charge is 0.306 e. The minimum atomic E-state index is -1.76. The number of aliphatic hydroxyl groups excluding tert-OH is 7. The molecule has 11 atom stereocenters. The van der Waals surface area contributed by atoms with E-state index < -0.39 is 92.7 Å². The van der Waals surface area contributed by atoms with Crippen LogP contribution in [-0.2, 0) is 38.0 Å². The Morgan fingerprint density at radius 3 is 1.48 bits per heavy atom. The van der Waals surface area contributed by atoms with Crippen molar-refractivity contribution in [2.45, 2.75) is 242 Å². The van der Waals surface area contributed by atoms with E-state index in [9.17, 15) is 45.3 Å².